The van der Waals surface area contributed by atoms with E-state index in [-0.39, 0.29) is 5.56 Å². The molecule has 2 heterocycles. The molecule has 0 saturated carbocycles. The van der Waals surface area contributed by atoms with Crippen LogP contribution in [-0.2, 0) is 0 Å². The number of unbranched alkanes of at least 4 members (excludes halogenated alkanes) is 2. The fraction of sp³-hybridized carbons (Fsp3) is 0.500. The Kier molecular flexibility index (Phi) is 5.90. The number of rotatable bonds is 7. The Morgan fingerprint density at radius 1 is 1.26 bits per heavy atom. The number of aromatic amines is 1. The molecule has 5 heteroatoms. The summed E-state index contributed by atoms with van der Waals surface area (Å²) in [5.41, 5.74) is 2.12. The SMILES string of the molecule is CCCCCC(C)Nc1ccc(-c2nc(C)c(C)c(=O)[nH]2)cn1. The lowest BCUT2D eigenvalue weighted by Gasteiger charge is -2.14. The number of aromatic nitrogens is 3. The van der Waals surface area contributed by atoms with E-state index < -0.39 is 0 Å². The van der Waals surface area contributed by atoms with Gasteiger partial charge in [0.25, 0.3) is 5.56 Å². The van der Waals surface area contributed by atoms with Crippen LogP contribution in [0.2, 0.25) is 0 Å². The second-order valence-electron chi connectivity index (χ2n) is 6.10. The van der Waals surface area contributed by atoms with Gasteiger partial charge in [-0.25, -0.2) is 9.97 Å². The molecule has 5 nitrogen and oxygen atoms in total. The van der Waals surface area contributed by atoms with Crippen molar-refractivity contribution >= 4 is 5.82 Å². The van der Waals surface area contributed by atoms with Crippen molar-refractivity contribution in [1.82, 2.24) is 15.0 Å². The Morgan fingerprint density at radius 3 is 2.65 bits per heavy atom. The van der Waals surface area contributed by atoms with Crippen LogP contribution < -0.4 is 10.9 Å². The van der Waals surface area contributed by atoms with Crippen LogP contribution in [0.5, 0.6) is 0 Å². The van der Waals surface area contributed by atoms with Crippen molar-refractivity contribution in [2.24, 2.45) is 0 Å². The summed E-state index contributed by atoms with van der Waals surface area (Å²) in [5, 5.41) is 3.41. The van der Waals surface area contributed by atoms with Crippen LogP contribution >= 0.6 is 0 Å². The van der Waals surface area contributed by atoms with Crippen molar-refractivity contribution < 1.29 is 0 Å². The molecule has 23 heavy (non-hydrogen) atoms. The number of hydrogen-bond donors (Lipinski definition) is 2. The molecule has 0 aliphatic rings. The largest absolute Gasteiger partial charge is 0.368 e. The smallest absolute Gasteiger partial charge is 0.254 e. The molecule has 2 aromatic heterocycles. The Hall–Kier alpha value is -2.17. The summed E-state index contributed by atoms with van der Waals surface area (Å²) in [5.74, 6) is 1.41. The van der Waals surface area contributed by atoms with Gasteiger partial charge in [0.15, 0.2) is 0 Å². The van der Waals surface area contributed by atoms with Gasteiger partial charge in [-0.1, -0.05) is 26.2 Å². The predicted molar refractivity (Wildman–Crippen MR) is 94.8 cm³/mol. The zero-order valence-electron chi connectivity index (χ0n) is 14.4. The van der Waals surface area contributed by atoms with Crippen LogP contribution in [0.4, 0.5) is 5.82 Å². The van der Waals surface area contributed by atoms with Gasteiger partial charge in [0.1, 0.15) is 11.6 Å². The highest BCUT2D eigenvalue weighted by Gasteiger charge is 2.07. The lowest BCUT2D eigenvalue weighted by atomic mass is 10.1. The molecule has 2 N–H and O–H groups in total. The van der Waals surface area contributed by atoms with E-state index in [1.165, 1.54) is 19.3 Å². The summed E-state index contributed by atoms with van der Waals surface area (Å²) in [7, 11) is 0. The third kappa shape index (κ3) is 4.65. The highest BCUT2D eigenvalue weighted by Crippen LogP contribution is 2.16. The maximum atomic E-state index is 11.8. The molecular formula is C18H26N4O. The number of anilines is 1. The van der Waals surface area contributed by atoms with Crippen LogP contribution in [0.1, 0.15) is 50.8 Å². The second-order valence-corrected chi connectivity index (χ2v) is 6.10. The molecular weight excluding hydrogens is 288 g/mol. The molecule has 0 aromatic carbocycles. The molecule has 1 atom stereocenters. The van der Waals surface area contributed by atoms with Gasteiger partial charge in [-0.05, 0) is 39.3 Å². The lowest BCUT2D eigenvalue weighted by molar-refractivity contribution is 0.614. The van der Waals surface area contributed by atoms with Gasteiger partial charge in [0, 0.05) is 29.1 Å². The summed E-state index contributed by atoms with van der Waals surface area (Å²) in [4.78, 5) is 23.5. The van der Waals surface area contributed by atoms with Gasteiger partial charge < -0.3 is 10.3 Å². The molecule has 2 aromatic rings. The molecule has 0 aliphatic carbocycles. The Balaban J connectivity index is 2.06. The van der Waals surface area contributed by atoms with E-state index >= 15 is 0 Å². The number of H-pyrrole nitrogens is 1. The molecule has 0 aliphatic heterocycles. The predicted octanol–water partition coefficient (Wildman–Crippen LogP) is 3.83. The van der Waals surface area contributed by atoms with Crippen molar-refractivity contribution in [3.63, 3.8) is 0 Å². The maximum absolute atomic E-state index is 11.8. The number of pyridine rings is 1. The first-order valence-electron chi connectivity index (χ1n) is 8.31. The average Bonchev–Trinajstić information content (AvgIpc) is 2.53. The topological polar surface area (TPSA) is 70.7 Å². The van der Waals surface area contributed by atoms with Gasteiger partial charge >= 0.3 is 0 Å². The van der Waals surface area contributed by atoms with Gasteiger partial charge in [0.2, 0.25) is 0 Å². The molecule has 0 bridgehead atoms. The van der Waals surface area contributed by atoms with Gasteiger partial charge in [-0.3, -0.25) is 4.79 Å². The molecule has 1 unspecified atom stereocenters. The third-order valence-electron chi connectivity index (χ3n) is 4.07. The first-order valence-corrected chi connectivity index (χ1v) is 8.31. The molecule has 0 saturated heterocycles. The Bertz CT molecular complexity index is 691. The maximum Gasteiger partial charge on any atom is 0.254 e. The first kappa shape index (κ1) is 17.2. The van der Waals surface area contributed by atoms with E-state index in [1.54, 1.807) is 13.1 Å². The summed E-state index contributed by atoms with van der Waals surface area (Å²) in [6.45, 7) is 8.00. The first-order chi connectivity index (χ1) is 11.0. The minimum Gasteiger partial charge on any atom is -0.368 e. The van der Waals surface area contributed by atoms with Crippen molar-refractivity contribution in [2.45, 2.75) is 59.4 Å². The molecule has 0 fully saturated rings. The summed E-state index contributed by atoms with van der Waals surface area (Å²) in [6, 6.07) is 4.27. The van der Waals surface area contributed by atoms with E-state index in [2.05, 4.69) is 34.1 Å². The quantitative estimate of drug-likeness (QED) is 0.762. The van der Waals surface area contributed by atoms with Crippen molar-refractivity contribution in [1.29, 1.82) is 0 Å². The van der Waals surface area contributed by atoms with E-state index in [0.29, 0.717) is 17.4 Å². The van der Waals surface area contributed by atoms with Crippen molar-refractivity contribution in [2.75, 3.05) is 5.32 Å². The van der Waals surface area contributed by atoms with Crippen LogP contribution in [0.15, 0.2) is 23.1 Å². The zero-order valence-corrected chi connectivity index (χ0v) is 14.4. The van der Waals surface area contributed by atoms with Crippen molar-refractivity contribution in [3.8, 4) is 11.4 Å². The minimum absolute atomic E-state index is 0.0979. The third-order valence-corrected chi connectivity index (χ3v) is 4.07. The molecule has 124 valence electrons. The highest BCUT2D eigenvalue weighted by molar-refractivity contribution is 5.56. The molecule has 2 rings (SSSR count). The van der Waals surface area contributed by atoms with E-state index in [0.717, 1.165) is 23.5 Å². The standard InChI is InChI=1S/C18H26N4O/c1-5-6-7-8-12(2)20-16-10-9-15(11-19-16)17-21-14(4)13(3)18(23)22-17/h9-12H,5-8H2,1-4H3,(H,19,20)(H,21,22,23). The van der Waals surface area contributed by atoms with Crippen LogP contribution in [-0.4, -0.2) is 21.0 Å². The van der Waals surface area contributed by atoms with Gasteiger partial charge in [-0.15, -0.1) is 0 Å². The monoisotopic (exact) mass is 314 g/mol. The zero-order chi connectivity index (χ0) is 16.8. The van der Waals surface area contributed by atoms with E-state index in [4.69, 9.17) is 0 Å². The fourth-order valence-corrected chi connectivity index (χ4v) is 2.43. The average molecular weight is 314 g/mol. The fourth-order valence-electron chi connectivity index (χ4n) is 2.43. The van der Waals surface area contributed by atoms with E-state index in [1.807, 2.05) is 19.1 Å². The molecule has 0 radical (unpaired) electrons. The lowest BCUT2D eigenvalue weighted by Crippen LogP contribution is -2.16. The number of hydrogen-bond acceptors (Lipinski definition) is 4. The van der Waals surface area contributed by atoms with Crippen molar-refractivity contribution in [3.05, 3.63) is 39.9 Å². The Labute approximate surface area is 137 Å². The molecule has 0 spiro atoms. The van der Waals surface area contributed by atoms with Crippen LogP contribution in [0.3, 0.4) is 0 Å². The number of nitrogens with zero attached hydrogens (tertiary/aromatic N) is 2. The number of aryl methyl sites for hydroxylation is 1. The van der Waals surface area contributed by atoms with Crippen LogP contribution in [0, 0.1) is 13.8 Å². The normalized spacial score (nSPS) is 12.2. The Morgan fingerprint density at radius 2 is 2.04 bits per heavy atom. The number of nitrogens with one attached hydrogen (secondary N) is 2. The minimum atomic E-state index is -0.0979. The van der Waals surface area contributed by atoms with Crippen LogP contribution in [0.25, 0.3) is 11.4 Å². The van der Waals surface area contributed by atoms with E-state index in [9.17, 15) is 4.79 Å². The second kappa shape index (κ2) is 7.90. The summed E-state index contributed by atoms with van der Waals surface area (Å²) >= 11 is 0. The highest BCUT2D eigenvalue weighted by atomic mass is 16.1. The summed E-state index contributed by atoms with van der Waals surface area (Å²) in [6.07, 6.45) is 6.62. The van der Waals surface area contributed by atoms with Gasteiger partial charge in [-0.2, -0.15) is 0 Å². The summed E-state index contributed by atoms with van der Waals surface area (Å²) < 4.78 is 0. The van der Waals surface area contributed by atoms with Gasteiger partial charge in [0.05, 0.1) is 0 Å². The molecule has 0 amide bonds.